The molecule has 122 valence electrons. The monoisotopic (exact) mass is 339 g/mol. The second kappa shape index (κ2) is 6.72. The van der Waals surface area contributed by atoms with Crippen molar-refractivity contribution < 1.29 is 18.6 Å². The molecule has 1 N–H and O–H groups in total. The molecule has 0 unspecified atom stereocenters. The summed E-state index contributed by atoms with van der Waals surface area (Å²) in [5.41, 5.74) is 1.38. The van der Waals surface area contributed by atoms with E-state index in [1.54, 1.807) is 12.1 Å². The Bertz CT molecular complexity index is 711. The van der Waals surface area contributed by atoms with Gasteiger partial charge in [0.15, 0.2) is 11.6 Å². The van der Waals surface area contributed by atoms with E-state index >= 15 is 0 Å². The third-order valence-corrected chi connectivity index (χ3v) is 4.12. The maximum atomic E-state index is 13.1. The van der Waals surface area contributed by atoms with Crippen molar-refractivity contribution in [2.24, 2.45) is 0 Å². The first-order valence-corrected chi connectivity index (χ1v) is 7.70. The normalized spacial score (nSPS) is 17.6. The first-order chi connectivity index (χ1) is 11.0. The van der Waals surface area contributed by atoms with Gasteiger partial charge in [-0.05, 0) is 36.2 Å². The van der Waals surface area contributed by atoms with Gasteiger partial charge >= 0.3 is 0 Å². The summed E-state index contributed by atoms with van der Waals surface area (Å²) in [4.78, 5) is 2.02. The zero-order valence-corrected chi connectivity index (χ0v) is 13.1. The fraction of sp³-hybridized carbons (Fsp3) is 0.294. The molecule has 2 aromatic rings. The molecule has 1 heterocycles. The van der Waals surface area contributed by atoms with Gasteiger partial charge in [0.05, 0.1) is 16.8 Å². The number of nitrogens with zero attached hydrogens (tertiary/aromatic N) is 1. The Morgan fingerprint density at radius 3 is 2.65 bits per heavy atom. The van der Waals surface area contributed by atoms with E-state index in [0.29, 0.717) is 22.9 Å². The molecule has 0 aromatic heterocycles. The van der Waals surface area contributed by atoms with E-state index in [0.717, 1.165) is 30.8 Å². The highest BCUT2D eigenvalue weighted by atomic mass is 35.5. The Kier molecular flexibility index (Phi) is 4.68. The smallest absolute Gasteiger partial charge is 0.159 e. The molecule has 0 bridgehead atoms. The molecule has 0 amide bonds. The minimum atomic E-state index is -0.896. The topological polar surface area (TPSA) is 32.7 Å². The highest BCUT2D eigenvalue weighted by Crippen LogP contribution is 2.32. The van der Waals surface area contributed by atoms with E-state index in [4.69, 9.17) is 16.3 Å². The highest BCUT2D eigenvalue weighted by Gasteiger charge is 2.22. The van der Waals surface area contributed by atoms with Crippen LogP contribution in [0.4, 0.5) is 14.5 Å². The van der Waals surface area contributed by atoms with E-state index in [9.17, 15) is 13.9 Å². The molecule has 23 heavy (non-hydrogen) atoms. The molecule has 2 aromatic carbocycles. The fourth-order valence-corrected chi connectivity index (χ4v) is 2.88. The highest BCUT2D eigenvalue weighted by molar-refractivity contribution is 6.33. The van der Waals surface area contributed by atoms with Gasteiger partial charge in [0.25, 0.3) is 0 Å². The van der Waals surface area contributed by atoms with Crippen LogP contribution in [0.3, 0.4) is 0 Å². The molecule has 6 heteroatoms. The number of β-amino-alcohol motifs (C(OH)–C–C–N with tert-alkyl or cyclic N) is 1. The number of rotatable bonds is 4. The number of ether oxygens (including phenoxy) is 1. The second-order valence-corrected chi connectivity index (χ2v) is 5.95. The van der Waals surface area contributed by atoms with Crippen LogP contribution >= 0.6 is 11.6 Å². The van der Waals surface area contributed by atoms with Crippen LogP contribution in [0.15, 0.2) is 36.4 Å². The van der Waals surface area contributed by atoms with Crippen molar-refractivity contribution in [3.8, 4) is 5.75 Å². The summed E-state index contributed by atoms with van der Waals surface area (Å²) in [7, 11) is 0. The second-order valence-electron chi connectivity index (χ2n) is 5.54. The number of hydrogen-bond acceptors (Lipinski definition) is 3. The standard InChI is InChI=1S/C17H16ClF2NO2/c18-14-8-13(2-4-17(14)21-6-5-12(22)9-21)23-10-11-1-3-15(19)16(20)7-11/h1-4,7-8,12,22H,5-6,9-10H2/t12-/m1/s1. The lowest BCUT2D eigenvalue weighted by Crippen LogP contribution is -2.21. The minimum Gasteiger partial charge on any atom is -0.489 e. The van der Waals surface area contributed by atoms with Crippen molar-refractivity contribution in [1.29, 1.82) is 0 Å². The van der Waals surface area contributed by atoms with Crippen LogP contribution < -0.4 is 9.64 Å². The molecule has 1 saturated heterocycles. The number of aliphatic hydroxyl groups is 1. The predicted octanol–water partition coefficient (Wildman–Crippen LogP) is 3.77. The number of halogens is 3. The number of hydrogen-bond donors (Lipinski definition) is 1. The quantitative estimate of drug-likeness (QED) is 0.920. The van der Waals surface area contributed by atoms with Gasteiger partial charge in [-0.15, -0.1) is 0 Å². The third kappa shape index (κ3) is 3.74. The molecule has 1 fully saturated rings. The molecule has 3 rings (SSSR count). The van der Waals surface area contributed by atoms with Gasteiger partial charge in [-0.2, -0.15) is 0 Å². The summed E-state index contributed by atoms with van der Waals surface area (Å²) in [6.45, 7) is 1.44. The summed E-state index contributed by atoms with van der Waals surface area (Å²) in [5.74, 6) is -1.23. The molecule has 0 aliphatic carbocycles. The van der Waals surface area contributed by atoms with Gasteiger partial charge in [-0.1, -0.05) is 17.7 Å². The van der Waals surface area contributed by atoms with Gasteiger partial charge in [0.2, 0.25) is 0 Å². The van der Waals surface area contributed by atoms with Crippen LogP contribution in [-0.2, 0) is 6.61 Å². The first kappa shape index (κ1) is 16.0. The van der Waals surface area contributed by atoms with Crippen LogP contribution in [0.25, 0.3) is 0 Å². The van der Waals surface area contributed by atoms with Gasteiger partial charge in [0, 0.05) is 19.2 Å². The van der Waals surface area contributed by atoms with Crippen molar-refractivity contribution in [3.05, 3.63) is 58.6 Å². The lowest BCUT2D eigenvalue weighted by atomic mass is 10.2. The van der Waals surface area contributed by atoms with Gasteiger partial charge in [0.1, 0.15) is 12.4 Å². The van der Waals surface area contributed by atoms with Crippen molar-refractivity contribution in [3.63, 3.8) is 0 Å². The molecule has 0 saturated carbocycles. The van der Waals surface area contributed by atoms with Crippen LogP contribution in [0, 0.1) is 11.6 Å². The van der Waals surface area contributed by atoms with E-state index in [-0.39, 0.29) is 12.7 Å². The molecule has 1 aliphatic rings. The molecule has 0 radical (unpaired) electrons. The Hall–Kier alpha value is -1.85. The maximum absolute atomic E-state index is 13.1. The van der Waals surface area contributed by atoms with Gasteiger partial charge in [-0.3, -0.25) is 0 Å². The lowest BCUT2D eigenvalue weighted by Gasteiger charge is -2.20. The summed E-state index contributed by atoms with van der Waals surface area (Å²) < 4.78 is 31.6. The number of aliphatic hydroxyl groups excluding tert-OH is 1. The van der Waals surface area contributed by atoms with Crippen LogP contribution in [-0.4, -0.2) is 24.3 Å². The summed E-state index contributed by atoms with van der Waals surface area (Å²) in [5, 5.41) is 10.1. The SMILES string of the molecule is O[C@@H]1CCN(c2ccc(OCc3ccc(F)c(F)c3)cc2Cl)C1. The molecule has 1 atom stereocenters. The van der Waals surface area contributed by atoms with Gasteiger partial charge < -0.3 is 14.7 Å². The Morgan fingerprint density at radius 2 is 2.00 bits per heavy atom. The van der Waals surface area contributed by atoms with E-state index < -0.39 is 11.6 Å². The summed E-state index contributed by atoms with van der Waals surface area (Å²) >= 11 is 6.27. The van der Waals surface area contributed by atoms with Crippen molar-refractivity contribution >= 4 is 17.3 Å². The van der Waals surface area contributed by atoms with E-state index in [1.807, 2.05) is 11.0 Å². The van der Waals surface area contributed by atoms with E-state index in [1.165, 1.54) is 6.07 Å². The van der Waals surface area contributed by atoms with Gasteiger partial charge in [-0.25, -0.2) is 8.78 Å². The average molecular weight is 340 g/mol. The number of benzene rings is 2. The Morgan fingerprint density at radius 1 is 1.17 bits per heavy atom. The van der Waals surface area contributed by atoms with Crippen LogP contribution in [0.5, 0.6) is 5.75 Å². The molecular weight excluding hydrogens is 324 g/mol. The average Bonchev–Trinajstić information content (AvgIpc) is 2.95. The Balaban J connectivity index is 1.67. The fourth-order valence-electron chi connectivity index (χ4n) is 2.59. The van der Waals surface area contributed by atoms with Crippen LogP contribution in [0.1, 0.15) is 12.0 Å². The third-order valence-electron chi connectivity index (χ3n) is 3.81. The molecule has 0 spiro atoms. The van der Waals surface area contributed by atoms with Crippen molar-refractivity contribution in [1.82, 2.24) is 0 Å². The molecule has 1 aliphatic heterocycles. The summed E-state index contributed by atoms with van der Waals surface area (Å²) in [6.07, 6.45) is 0.403. The summed E-state index contributed by atoms with van der Waals surface area (Å²) in [6, 6.07) is 8.94. The predicted molar refractivity (Wildman–Crippen MR) is 85.0 cm³/mol. The molecule has 3 nitrogen and oxygen atoms in total. The molecular formula is C17H16ClF2NO2. The zero-order valence-electron chi connectivity index (χ0n) is 12.3. The first-order valence-electron chi connectivity index (χ1n) is 7.32. The van der Waals surface area contributed by atoms with E-state index in [2.05, 4.69) is 0 Å². The minimum absolute atomic E-state index is 0.120. The van der Waals surface area contributed by atoms with Crippen molar-refractivity contribution in [2.45, 2.75) is 19.1 Å². The van der Waals surface area contributed by atoms with Crippen molar-refractivity contribution in [2.75, 3.05) is 18.0 Å². The Labute approximate surface area is 138 Å². The number of anilines is 1. The lowest BCUT2D eigenvalue weighted by molar-refractivity contribution is 0.198. The maximum Gasteiger partial charge on any atom is 0.159 e. The van der Waals surface area contributed by atoms with Crippen LogP contribution in [0.2, 0.25) is 5.02 Å². The largest absolute Gasteiger partial charge is 0.489 e. The zero-order chi connectivity index (χ0) is 16.4.